The van der Waals surface area contributed by atoms with Crippen LogP contribution >= 0.6 is 0 Å². The van der Waals surface area contributed by atoms with Crippen LogP contribution in [0.1, 0.15) is 20.8 Å². The van der Waals surface area contributed by atoms with Crippen molar-refractivity contribution in [1.82, 2.24) is 0 Å². The monoisotopic (exact) mass is 176 g/mol. The summed E-state index contributed by atoms with van der Waals surface area (Å²) in [5, 5.41) is 0. The first-order valence-electron chi connectivity index (χ1n) is 4.42. The first kappa shape index (κ1) is 14.2. The summed E-state index contributed by atoms with van der Waals surface area (Å²) in [7, 11) is 0. The van der Waals surface area contributed by atoms with Gasteiger partial charge in [0.05, 0.1) is 0 Å². The van der Waals surface area contributed by atoms with Crippen molar-refractivity contribution < 1.29 is 0 Å². The predicted octanol–water partition coefficient (Wildman–Crippen LogP) is 4.44. The number of rotatable bonds is 4. The van der Waals surface area contributed by atoms with E-state index >= 15 is 0 Å². The average Bonchev–Trinajstić information content (AvgIpc) is 2.16. The Balaban J connectivity index is 0. The highest BCUT2D eigenvalue weighted by Crippen LogP contribution is 2.07. The fourth-order valence-corrected chi connectivity index (χ4v) is 0.481. The van der Waals surface area contributed by atoms with Gasteiger partial charge in [-0.1, -0.05) is 64.0 Å². The van der Waals surface area contributed by atoms with Crippen molar-refractivity contribution in [3.63, 3.8) is 0 Å². The summed E-state index contributed by atoms with van der Waals surface area (Å²) in [5.41, 5.74) is 2.73. The fourth-order valence-electron chi connectivity index (χ4n) is 0.481. The quantitative estimate of drug-likeness (QED) is 0.555. The van der Waals surface area contributed by atoms with Gasteiger partial charge in [-0.2, -0.15) is 0 Å². The van der Waals surface area contributed by atoms with Gasteiger partial charge in [-0.3, -0.25) is 0 Å². The Morgan fingerprint density at radius 1 is 0.923 bits per heavy atom. The van der Waals surface area contributed by atoms with Crippen LogP contribution in [0.2, 0.25) is 0 Å². The molecule has 72 valence electrons. The number of hydrogen-bond donors (Lipinski definition) is 0. The lowest BCUT2D eigenvalue weighted by Gasteiger charge is -1.96. The molecule has 0 radical (unpaired) electrons. The molecule has 0 bridgehead atoms. The lowest BCUT2D eigenvalue weighted by atomic mass is 10.1. The Hall–Kier alpha value is -1.30. The summed E-state index contributed by atoms with van der Waals surface area (Å²) in [5.74, 6) is 0. The van der Waals surface area contributed by atoms with Gasteiger partial charge in [-0.25, -0.2) is 0 Å². The Kier molecular flexibility index (Phi) is 9.63. The maximum Gasteiger partial charge on any atom is -0.0262 e. The lowest BCUT2D eigenvalue weighted by Crippen LogP contribution is -1.76. The summed E-state index contributed by atoms with van der Waals surface area (Å²) in [6.45, 7) is 20.8. The summed E-state index contributed by atoms with van der Waals surface area (Å²) in [6.07, 6.45) is 5.47. The van der Waals surface area contributed by atoms with Crippen LogP contribution in [0.4, 0.5) is 0 Å². The summed E-state index contributed by atoms with van der Waals surface area (Å²) in [6, 6.07) is 0. The fraction of sp³-hybridized carbons (Fsp3) is 0.231. The molecule has 0 rings (SSSR count). The second-order valence-electron chi connectivity index (χ2n) is 2.43. The SMILES string of the molecule is C=CC(=C)C(=C)/C=C\C(=C)C.CC. The minimum Gasteiger partial charge on any atom is -0.0985 e. The molecule has 0 spiro atoms. The highest BCUT2D eigenvalue weighted by atomic mass is 13.9. The lowest BCUT2D eigenvalue weighted by molar-refractivity contribution is 1.50. The minimum absolute atomic E-state index is 0.850. The van der Waals surface area contributed by atoms with E-state index in [2.05, 4.69) is 26.3 Å². The van der Waals surface area contributed by atoms with Crippen LogP contribution in [0.3, 0.4) is 0 Å². The minimum atomic E-state index is 0.850. The predicted molar refractivity (Wildman–Crippen MR) is 63.8 cm³/mol. The molecule has 0 aliphatic carbocycles. The molecule has 0 aliphatic rings. The highest BCUT2D eigenvalue weighted by Gasteiger charge is 1.88. The van der Waals surface area contributed by atoms with E-state index in [1.54, 1.807) is 6.08 Å². The first-order valence-corrected chi connectivity index (χ1v) is 4.42. The molecule has 0 saturated heterocycles. The molecule has 0 aromatic heterocycles. The van der Waals surface area contributed by atoms with Gasteiger partial charge in [-0.15, -0.1) is 0 Å². The van der Waals surface area contributed by atoms with Crippen LogP contribution in [0.15, 0.2) is 61.3 Å². The van der Waals surface area contributed by atoms with Crippen molar-refractivity contribution in [1.29, 1.82) is 0 Å². The normalized spacial score (nSPS) is 8.54. The van der Waals surface area contributed by atoms with Gasteiger partial charge in [0, 0.05) is 0 Å². The van der Waals surface area contributed by atoms with E-state index in [1.165, 1.54) is 0 Å². The molecule has 0 saturated carbocycles. The zero-order valence-electron chi connectivity index (χ0n) is 9.06. The van der Waals surface area contributed by atoms with E-state index in [-0.39, 0.29) is 0 Å². The molecule has 0 aromatic carbocycles. The average molecular weight is 176 g/mol. The second-order valence-corrected chi connectivity index (χ2v) is 2.43. The first-order chi connectivity index (χ1) is 6.07. The van der Waals surface area contributed by atoms with Crippen molar-refractivity contribution in [3.05, 3.63) is 61.3 Å². The molecule has 0 nitrogen and oxygen atoms in total. The summed E-state index contributed by atoms with van der Waals surface area (Å²) in [4.78, 5) is 0. The van der Waals surface area contributed by atoms with Gasteiger partial charge in [0.25, 0.3) is 0 Å². The van der Waals surface area contributed by atoms with Gasteiger partial charge in [-0.05, 0) is 18.1 Å². The van der Waals surface area contributed by atoms with E-state index < -0.39 is 0 Å². The molecule has 0 amide bonds. The summed E-state index contributed by atoms with van der Waals surface area (Å²) >= 11 is 0. The van der Waals surface area contributed by atoms with E-state index in [4.69, 9.17) is 0 Å². The number of allylic oxidation sites excluding steroid dienone is 6. The van der Waals surface area contributed by atoms with Crippen LogP contribution in [-0.2, 0) is 0 Å². The van der Waals surface area contributed by atoms with Gasteiger partial charge in [0.1, 0.15) is 0 Å². The van der Waals surface area contributed by atoms with Gasteiger partial charge >= 0.3 is 0 Å². The number of hydrogen-bond acceptors (Lipinski definition) is 0. The Labute approximate surface area is 82.7 Å². The molecule has 0 aromatic rings. The van der Waals surface area contributed by atoms with Crippen molar-refractivity contribution in [2.45, 2.75) is 20.8 Å². The van der Waals surface area contributed by atoms with Crippen molar-refractivity contribution in [2.24, 2.45) is 0 Å². The zero-order valence-corrected chi connectivity index (χ0v) is 9.06. The smallest absolute Gasteiger partial charge is 0.0262 e. The third-order valence-electron chi connectivity index (χ3n) is 1.23. The van der Waals surface area contributed by atoms with E-state index in [9.17, 15) is 0 Å². The third-order valence-corrected chi connectivity index (χ3v) is 1.23. The topological polar surface area (TPSA) is 0 Å². The van der Waals surface area contributed by atoms with E-state index in [0.29, 0.717) is 0 Å². The van der Waals surface area contributed by atoms with Gasteiger partial charge in [0.2, 0.25) is 0 Å². The molecule has 0 heterocycles. The Morgan fingerprint density at radius 3 is 1.69 bits per heavy atom. The van der Waals surface area contributed by atoms with Gasteiger partial charge in [0.15, 0.2) is 0 Å². The molecule has 0 N–H and O–H groups in total. The Morgan fingerprint density at radius 2 is 1.38 bits per heavy atom. The molecular weight excluding hydrogens is 156 g/mol. The van der Waals surface area contributed by atoms with Crippen molar-refractivity contribution in [2.75, 3.05) is 0 Å². The maximum absolute atomic E-state index is 3.80. The largest absolute Gasteiger partial charge is 0.0985 e. The van der Waals surface area contributed by atoms with Crippen LogP contribution in [0.5, 0.6) is 0 Å². The standard InChI is InChI=1S/C11H14.C2H6/c1-6-10(4)11(5)8-7-9(2)3;1-2/h6-8H,1-2,4-5H2,3H3;1-2H3/b8-7-;. The molecule has 0 heteroatoms. The van der Waals surface area contributed by atoms with Crippen LogP contribution < -0.4 is 0 Å². The zero-order chi connectivity index (χ0) is 10.9. The second kappa shape index (κ2) is 8.79. The molecule has 0 atom stereocenters. The molecule has 0 unspecified atom stereocenters. The van der Waals surface area contributed by atoms with Crippen LogP contribution in [0.25, 0.3) is 0 Å². The van der Waals surface area contributed by atoms with Crippen molar-refractivity contribution >= 4 is 0 Å². The van der Waals surface area contributed by atoms with Crippen LogP contribution in [0, 0.1) is 0 Å². The Bertz CT molecular complexity index is 226. The molecule has 0 aliphatic heterocycles. The van der Waals surface area contributed by atoms with E-state index in [0.717, 1.165) is 16.7 Å². The highest BCUT2D eigenvalue weighted by molar-refractivity contribution is 5.43. The van der Waals surface area contributed by atoms with E-state index in [1.807, 2.05) is 32.9 Å². The molecular formula is C13H20. The molecule has 0 fully saturated rings. The van der Waals surface area contributed by atoms with Crippen LogP contribution in [-0.4, -0.2) is 0 Å². The van der Waals surface area contributed by atoms with Crippen molar-refractivity contribution in [3.8, 4) is 0 Å². The maximum atomic E-state index is 3.80. The molecule has 13 heavy (non-hydrogen) atoms. The third kappa shape index (κ3) is 8.61. The summed E-state index contributed by atoms with van der Waals surface area (Å²) < 4.78 is 0. The van der Waals surface area contributed by atoms with Gasteiger partial charge < -0.3 is 0 Å².